The van der Waals surface area contributed by atoms with Crippen molar-refractivity contribution in [1.82, 2.24) is 5.32 Å². The van der Waals surface area contributed by atoms with Gasteiger partial charge in [-0.1, -0.05) is 58.0 Å². The van der Waals surface area contributed by atoms with E-state index in [4.69, 9.17) is 0 Å². The van der Waals surface area contributed by atoms with Crippen LogP contribution in [-0.4, -0.2) is 23.7 Å². The van der Waals surface area contributed by atoms with Crippen LogP contribution in [0.1, 0.15) is 46.1 Å². The van der Waals surface area contributed by atoms with Gasteiger partial charge in [-0.25, -0.2) is 0 Å². The van der Waals surface area contributed by atoms with Crippen molar-refractivity contribution in [1.29, 1.82) is 0 Å². The van der Waals surface area contributed by atoms with Crippen molar-refractivity contribution in [3.05, 3.63) is 35.9 Å². The molecule has 3 heteroatoms. The molecule has 0 aliphatic carbocycles. The van der Waals surface area contributed by atoms with Gasteiger partial charge in [-0.05, 0) is 12.0 Å². The summed E-state index contributed by atoms with van der Waals surface area (Å²) in [4.78, 5) is 24.1. The molecular weight excluding hydrogens is 262 g/mol. The fourth-order valence-electron chi connectivity index (χ4n) is 2.23. The van der Waals surface area contributed by atoms with Crippen LogP contribution in [0.3, 0.4) is 0 Å². The van der Waals surface area contributed by atoms with Crippen molar-refractivity contribution in [2.75, 3.05) is 0 Å². The standard InChI is InChI=1S/C18H27NO2/c1-13(2)17(20)10-11-18(21)16(19-14(3)4)12-15-8-6-5-7-9-15/h5-9,13-14,16,19H,10-12H2,1-4H3/t16-/m1/s1. The number of Topliss-reactive ketones (excluding diaryl/α,β-unsaturated/α-hetero) is 2. The van der Waals surface area contributed by atoms with E-state index in [0.717, 1.165) is 5.56 Å². The van der Waals surface area contributed by atoms with Crippen molar-refractivity contribution in [3.8, 4) is 0 Å². The SMILES string of the molecule is CC(C)N[C@H](Cc1ccccc1)C(=O)CCC(=O)C(C)C. The topological polar surface area (TPSA) is 46.2 Å². The third-order valence-corrected chi connectivity index (χ3v) is 3.47. The summed E-state index contributed by atoms with van der Waals surface area (Å²) in [7, 11) is 0. The summed E-state index contributed by atoms with van der Waals surface area (Å²) in [6.07, 6.45) is 1.35. The highest BCUT2D eigenvalue weighted by atomic mass is 16.1. The number of carbonyl (C=O) groups is 2. The van der Waals surface area contributed by atoms with E-state index in [2.05, 4.69) is 5.32 Å². The second-order valence-electron chi connectivity index (χ2n) is 6.15. The Morgan fingerprint density at radius 1 is 0.952 bits per heavy atom. The highest BCUT2D eigenvalue weighted by Gasteiger charge is 2.20. The molecule has 116 valence electrons. The molecule has 1 rings (SSSR count). The van der Waals surface area contributed by atoms with Crippen LogP contribution < -0.4 is 5.32 Å². The van der Waals surface area contributed by atoms with Gasteiger partial charge in [0, 0.05) is 24.8 Å². The molecule has 1 aromatic rings. The normalized spacial score (nSPS) is 12.7. The second kappa shape index (κ2) is 8.73. The van der Waals surface area contributed by atoms with Gasteiger partial charge < -0.3 is 5.32 Å². The number of benzene rings is 1. The van der Waals surface area contributed by atoms with Gasteiger partial charge >= 0.3 is 0 Å². The van der Waals surface area contributed by atoms with Crippen LogP contribution in [0.5, 0.6) is 0 Å². The van der Waals surface area contributed by atoms with Crippen LogP contribution in [0.2, 0.25) is 0 Å². The summed E-state index contributed by atoms with van der Waals surface area (Å²) in [5, 5.41) is 3.32. The molecular formula is C18H27NO2. The Bertz CT molecular complexity index is 452. The molecule has 0 spiro atoms. The van der Waals surface area contributed by atoms with Crippen LogP contribution in [0.4, 0.5) is 0 Å². The monoisotopic (exact) mass is 289 g/mol. The first-order chi connectivity index (χ1) is 9.90. The zero-order chi connectivity index (χ0) is 15.8. The molecule has 0 amide bonds. The first-order valence-electron chi connectivity index (χ1n) is 7.75. The molecule has 21 heavy (non-hydrogen) atoms. The molecule has 0 aliphatic rings. The summed E-state index contributed by atoms with van der Waals surface area (Å²) < 4.78 is 0. The fourth-order valence-corrected chi connectivity index (χ4v) is 2.23. The molecule has 1 N–H and O–H groups in total. The molecule has 0 saturated carbocycles. The molecule has 0 bridgehead atoms. The zero-order valence-corrected chi connectivity index (χ0v) is 13.6. The quantitative estimate of drug-likeness (QED) is 0.759. The Hall–Kier alpha value is -1.48. The van der Waals surface area contributed by atoms with Gasteiger partial charge in [0.15, 0.2) is 5.78 Å². The lowest BCUT2D eigenvalue weighted by atomic mass is 9.96. The molecule has 0 aromatic heterocycles. The Morgan fingerprint density at radius 3 is 2.05 bits per heavy atom. The Kier molecular flexibility index (Phi) is 7.30. The molecule has 1 atom stereocenters. The van der Waals surface area contributed by atoms with E-state index in [-0.39, 0.29) is 29.6 Å². The van der Waals surface area contributed by atoms with Crippen molar-refractivity contribution in [3.63, 3.8) is 0 Å². The minimum absolute atomic E-state index is 0.00318. The van der Waals surface area contributed by atoms with Gasteiger partial charge in [-0.15, -0.1) is 0 Å². The van der Waals surface area contributed by atoms with Gasteiger partial charge in [-0.2, -0.15) is 0 Å². The van der Waals surface area contributed by atoms with Crippen molar-refractivity contribution >= 4 is 11.6 Å². The molecule has 1 aromatic carbocycles. The van der Waals surface area contributed by atoms with E-state index in [1.54, 1.807) is 0 Å². The Balaban J connectivity index is 2.64. The van der Waals surface area contributed by atoms with Gasteiger partial charge in [0.2, 0.25) is 0 Å². The number of hydrogen-bond donors (Lipinski definition) is 1. The second-order valence-corrected chi connectivity index (χ2v) is 6.15. The Morgan fingerprint density at radius 2 is 1.52 bits per heavy atom. The van der Waals surface area contributed by atoms with E-state index in [1.165, 1.54) is 0 Å². The lowest BCUT2D eigenvalue weighted by Crippen LogP contribution is -2.42. The molecule has 0 unspecified atom stereocenters. The molecule has 0 fully saturated rings. The third kappa shape index (κ3) is 6.67. The first kappa shape index (κ1) is 17.6. The average molecular weight is 289 g/mol. The third-order valence-electron chi connectivity index (χ3n) is 3.47. The Labute approximate surface area is 128 Å². The van der Waals surface area contributed by atoms with Gasteiger partial charge in [-0.3, -0.25) is 9.59 Å². The fraction of sp³-hybridized carbons (Fsp3) is 0.556. The maximum Gasteiger partial charge on any atom is 0.150 e. The lowest BCUT2D eigenvalue weighted by Gasteiger charge is -2.20. The summed E-state index contributed by atoms with van der Waals surface area (Å²) in [6, 6.07) is 10.0. The summed E-state index contributed by atoms with van der Waals surface area (Å²) >= 11 is 0. The molecule has 0 aliphatic heterocycles. The maximum absolute atomic E-state index is 12.4. The van der Waals surface area contributed by atoms with E-state index < -0.39 is 0 Å². The van der Waals surface area contributed by atoms with Crippen LogP contribution in [0, 0.1) is 5.92 Å². The number of hydrogen-bond acceptors (Lipinski definition) is 3. The van der Waals surface area contributed by atoms with Gasteiger partial charge in [0.1, 0.15) is 5.78 Å². The van der Waals surface area contributed by atoms with Crippen LogP contribution in [0.15, 0.2) is 30.3 Å². The highest BCUT2D eigenvalue weighted by Crippen LogP contribution is 2.09. The van der Waals surface area contributed by atoms with Crippen molar-refractivity contribution < 1.29 is 9.59 Å². The summed E-state index contributed by atoms with van der Waals surface area (Å²) in [5.41, 5.74) is 1.14. The van der Waals surface area contributed by atoms with Crippen LogP contribution >= 0.6 is 0 Å². The molecule has 0 radical (unpaired) electrons. The molecule has 3 nitrogen and oxygen atoms in total. The smallest absolute Gasteiger partial charge is 0.150 e. The number of carbonyl (C=O) groups excluding carboxylic acids is 2. The minimum Gasteiger partial charge on any atom is -0.305 e. The highest BCUT2D eigenvalue weighted by molar-refractivity contribution is 5.89. The zero-order valence-electron chi connectivity index (χ0n) is 13.6. The van der Waals surface area contributed by atoms with Crippen molar-refractivity contribution in [2.45, 2.75) is 59.0 Å². The van der Waals surface area contributed by atoms with Crippen molar-refractivity contribution in [2.24, 2.45) is 5.92 Å². The number of nitrogens with one attached hydrogen (secondary N) is 1. The average Bonchev–Trinajstić information content (AvgIpc) is 2.44. The summed E-state index contributed by atoms with van der Waals surface area (Å²) in [5.74, 6) is 0.288. The summed E-state index contributed by atoms with van der Waals surface area (Å²) in [6.45, 7) is 7.82. The van der Waals surface area contributed by atoms with Gasteiger partial charge in [0.25, 0.3) is 0 Å². The minimum atomic E-state index is -0.215. The maximum atomic E-state index is 12.4. The molecule has 0 saturated heterocycles. The predicted octanol–water partition coefficient (Wildman–Crippen LogP) is 3.17. The number of ketones is 2. The largest absolute Gasteiger partial charge is 0.305 e. The van der Waals surface area contributed by atoms with E-state index >= 15 is 0 Å². The lowest BCUT2D eigenvalue weighted by molar-refractivity contribution is -0.126. The van der Waals surface area contributed by atoms with E-state index in [0.29, 0.717) is 19.3 Å². The van der Waals surface area contributed by atoms with E-state index in [1.807, 2.05) is 58.0 Å². The molecule has 0 heterocycles. The number of rotatable bonds is 9. The van der Waals surface area contributed by atoms with Crippen LogP contribution in [0.25, 0.3) is 0 Å². The predicted molar refractivity (Wildman–Crippen MR) is 86.3 cm³/mol. The van der Waals surface area contributed by atoms with Crippen LogP contribution in [-0.2, 0) is 16.0 Å². The first-order valence-corrected chi connectivity index (χ1v) is 7.75. The van der Waals surface area contributed by atoms with Gasteiger partial charge in [0.05, 0.1) is 6.04 Å². The van der Waals surface area contributed by atoms with E-state index in [9.17, 15) is 9.59 Å².